The van der Waals surface area contributed by atoms with Gasteiger partial charge in [0.05, 0.1) is 0 Å². The zero-order valence-electron chi connectivity index (χ0n) is 11.0. The van der Waals surface area contributed by atoms with Crippen LogP contribution in [-0.2, 0) is 0 Å². The van der Waals surface area contributed by atoms with Crippen LogP contribution in [0, 0.1) is 20.2 Å². The van der Waals surface area contributed by atoms with Crippen molar-refractivity contribution in [2.45, 2.75) is 13.8 Å². The van der Waals surface area contributed by atoms with Gasteiger partial charge in [0.2, 0.25) is 0 Å². The van der Waals surface area contributed by atoms with Crippen molar-refractivity contribution in [1.29, 1.82) is 0 Å². The van der Waals surface area contributed by atoms with E-state index in [0.29, 0.717) is 0 Å². The lowest BCUT2D eigenvalue weighted by Crippen LogP contribution is -1.83. The van der Waals surface area contributed by atoms with Gasteiger partial charge in [-0.25, -0.2) is 4.98 Å². The van der Waals surface area contributed by atoms with Crippen LogP contribution >= 0.6 is 0 Å². The highest BCUT2D eigenvalue weighted by Gasteiger charge is 2.12. The summed E-state index contributed by atoms with van der Waals surface area (Å²) < 4.78 is 5.44. The first-order chi connectivity index (χ1) is 9.24. The Balaban J connectivity index is 2.07. The molecule has 0 spiro atoms. The maximum Gasteiger partial charge on any atom is 0.284 e. The predicted molar refractivity (Wildman–Crippen MR) is 75.7 cm³/mol. The lowest BCUT2D eigenvalue weighted by atomic mass is 10.0. The van der Waals surface area contributed by atoms with Crippen molar-refractivity contribution in [3.05, 3.63) is 66.1 Å². The highest BCUT2D eigenvalue weighted by molar-refractivity contribution is 5.76. The van der Waals surface area contributed by atoms with Crippen molar-refractivity contribution < 1.29 is 4.42 Å². The zero-order chi connectivity index (χ0) is 13.2. The van der Waals surface area contributed by atoms with Gasteiger partial charge >= 0.3 is 0 Å². The fraction of sp³-hybridized carbons (Fsp3) is 0.118. The van der Waals surface area contributed by atoms with Gasteiger partial charge < -0.3 is 4.42 Å². The molecular formula is C17H14NO. The van der Waals surface area contributed by atoms with Gasteiger partial charge in [0.25, 0.3) is 6.39 Å². The summed E-state index contributed by atoms with van der Waals surface area (Å²) in [6.07, 6.45) is 2.60. The van der Waals surface area contributed by atoms with E-state index in [1.165, 1.54) is 11.1 Å². The molecule has 0 aliphatic carbocycles. The smallest absolute Gasteiger partial charge is 0.284 e. The molecule has 1 radical (unpaired) electrons. The maximum atomic E-state index is 5.44. The minimum atomic E-state index is 0.767. The number of hydrogen-bond donors (Lipinski definition) is 0. The van der Waals surface area contributed by atoms with Crippen LogP contribution in [0.2, 0.25) is 0 Å². The molecule has 2 aromatic carbocycles. The molecule has 3 rings (SSSR count). The largest absolute Gasteiger partial charge is 0.432 e. The van der Waals surface area contributed by atoms with Gasteiger partial charge in [-0.1, -0.05) is 59.7 Å². The molecule has 0 amide bonds. The molecule has 0 N–H and O–H groups in total. The average molecular weight is 248 g/mol. The molecule has 0 saturated heterocycles. The summed E-state index contributed by atoms with van der Waals surface area (Å²) in [6, 6.07) is 16.5. The Morgan fingerprint density at radius 2 is 1.32 bits per heavy atom. The monoisotopic (exact) mass is 248 g/mol. The van der Waals surface area contributed by atoms with Crippen molar-refractivity contribution in [1.82, 2.24) is 4.98 Å². The van der Waals surface area contributed by atoms with Gasteiger partial charge in [-0.15, -0.1) is 0 Å². The molecule has 0 fully saturated rings. The summed E-state index contributed by atoms with van der Waals surface area (Å²) in [6.45, 7) is 4.14. The lowest BCUT2D eigenvalue weighted by molar-refractivity contribution is 0.562. The number of rotatable bonds is 2. The zero-order valence-corrected chi connectivity index (χ0v) is 11.0. The Hall–Kier alpha value is -2.35. The van der Waals surface area contributed by atoms with Crippen LogP contribution in [0.1, 0.15) is 11.1 Å². The Labute approximate surface area is 112 Å². The molecule has 0 atom stereocenters. The molecule has 0 saturated carbocycles. The minimum Gasteiger partial charge on any atom is -0.432 e. The minimum absolute atomic E-state index is 0.767. The van der Waals surface area contributed by atoms with Crippen LogP contribution in [0.15, 0.2) is 52.9 Å². The summed E-state index contributed by atoms with van der Waals surface area (Å²) in [5.74, 6) is 0.767. The van der Waals surface area contributed by atoms with Crippen LogP contribution < -0.4 is 0 Å². The average Bonchev–Trinajstić information content (AvgIpc) is 2.90. The normalized spacial score (nSPS) is 10.6. The van der Waals surface area contributed by atoms with E-state index in [1.807, 2.05) is 12.1 Å². The number of benzene rings is 2. The molecule has 0 unspecified atom stereocenters. The van der Waals surface area contributed by atoms with E-state index in [1.54, 1.807) is 0 Å². The number of aromatic nitrogens is 1. The van der Waals surface area contributed by atoms with Crippen LogP contribution in [0.25, 0.3) is 22.6 Å². The Morgan fingerprint density at radius 1 is 0.789 bits per heavy atom. The Kier molecular flexibility index (Phi) is 2.92. The molecule has 93 valence electrons. The molecule has 1 aromatic heterocycles. The maximum absolute atomic E-state index is 5.44. The molecule has 0 aliphatic heterocycles. The molecule has 1 heterocycles. The number of oxazole rings is 1. The number of aryl methyl sites for hydroxylation is 2. The number of hydrogen-bond acceptors (Lipinski definition) is 2. The van der Waals surface area contributed by atoms with E-state index in [2.05, 4.69) is 61.6 Å². The van der Waals surface area contributed by atoms with Gasteiger partial charge in [0.15, 0.2) is 5.76 Å². The van der Waals surface area contributed by atoms with E-state index >= 15 is 0 Å². The lowest BCUT2D eigenvalue weighted by Gasteiger charge is -2.02. The summed E-state index contributed by atoms with van der Waals surface area (Å²) in [5.41, 5.74) is 5.36. The fourth-order valence-electron chi connectivity index (χ4n) is 2.02. The Morgan fingerprint density at radius 3 is 1.89 bits per heavy atom. The Bertz CT molecular complexity index is 618. The van der Waals surface area contributed by atoms with Gasteiger partial charge in [-0.05, 0) is 13.8 Å². The molecule has 19 heavy (non-hydrogen) atoms. The molecule has 0 bridgehead atoms. The highest BCUT2D eigenvalue weighted by atomic mass is 16.3. The third-order valence-corrected chi connectivity index (χ3v) is 3.16. The number of nitrogens with zero attached hydrogens (tertiary/aromatic N) is 1. The van der Waals surface area contributed by atoms with Gasteiger partial charge in [0.1, 0.15) is 5.69 Å². The second-order valence-corrected chi connectivity index (χ2v) is 4.71. The molecule has 3 aromatic rings. The topological polar surface area (TPSA) is 26.0 Å². The quantitative estimate of drug-likeness (QED) is 0.670. The first-order valence-corrected chi connectivity index (χ1v) is 6.25. The van der Waals surface area contributed by atoms with E-state index in [4.69, 9.17) is 4.42 Å². The van der Waals surface area contributed by atoms with Crippen LogP contribution in [0.5, 0.6) is 0 Å². The van der Waals surface area contributed by atoms with E-state index in [9.17, 15) is 0 Å². The van der Waals surface area contributed by atoms with Gasteiger partial charge in [-0.3, -0.25) is 0 Å². The first kappa shape index (κ1) is 11.7. The van der Waals surface area contributed by atoms with Crippen LogP contribution in [0.3, 0.4) is 0 Å². The van der Waals surface area contributed by atoms with Crippen molar-refractivity contribution in [3.8, 4) is 22.6 Å². The van der Waals surface area contributed by atoms with Crippen molar-refractivity contribution in [3.63, 3.8) is 0 Å². The van der Waals surface area contributed by atoms with Crippen molar-refractivity contribution >= 4 is 0 Å². The summed E-state index contributed by atoms with van der Waals surface area (Å²) in [7, 11) is 0. The van der Waals surface area contributed by atoms with Crippen LogP contribution in [0.4, 0.5) is 0 Å². The van der Waals surface area contributed by atoms with Crippen molar-refractivity contribution in [2.24, 2.45) is 0 Å². The second kappa shape index (κ2) is 4.73. The summed E-state index contributed by atoms with van der Waals surface area (Å²) >= 11 is 0. The summed E-state index contributed by atoms with van der Waals surface area (Å²) in [5, 5.41) is 0. The van der Waals surface area contributed by atoms with Gasteiger partial charge in [0, 0.05) is 11.1 Å². The molecule has 2 nitrogen and oxygen atoms in total. The van der Waals surface area contributed by atoms with E-state index < -0.39 is 0 Å². The molecule has 2 heteroatoms. The van der Waals surface area contributed by atoms with Gasteiger partial charge in [-0.2, -0.15) is 0 Å². The second-order valence-electron chi connectivity index (χ2n) is 4.71. The third-order valence-electron chi connectivity index (χ3n) is 3.16. The third kappa shape index (κ3) is 2.29. The molecule has 0 aliphatic rings. The van der Waals surface area contributed by atoms with E-state index in [0.717, 1.165) is 22.6 Å². The summed E-state index contributed by atoms with van der Waals surface area (Å²) in [4.78, 5) is 4.22. The van der Waals surface area contributed by atoms with Crippen molar-refractivity contribution in [2.75, 3.05) is 0 Å². The van der Waals surface area contributed by atoms with E-state index in [-0.39, 0.29) is 0 Å². The van der Waals surface area contributed by atoms with Crippen LogP contribution in [-0.4, -0.2) is 4.98 Å². The fourth-order valence-corrected chi connectivity index (χ4v) is 2.02. The highest BCUT2D eigenvalue weighted by Crippen LogP contribution is 2.30. The standard InChI is InChI=1S/C17H14NO/c1-12-3-7-14(8-4-12)16-17(19-11-18-16)15-9-5-13(2)6-10-15/h3-10H,1-2H3. The SMILES string of the molecule is Cc1ccc(-c2n[c]oc2-c2ccc(C)cc2)cc1. The molecular weight excluding hydrogens is 234 g/mol. The first-order valence-electron chi connectivity index (χ1n) is 6.25. The predicted octanol–water partition coefficient (Wildman–Crippen LogP) is 4.43.